The molecule has 0 aliphatic carbocycles. The topological polar surface area (TPSA) is 36.4 Å². The Balaban J connectivity index is 1.27. The van der Waals surface area contributed by atoms with Crippen LogP contribution in [-0.4, -0.2) is 30.5 Å². The summed E-state index contributed by atoms with van der Waals surface area (Å²) >= 11 is 1.78. The van der Waals surface area contributed by atoms with Crippen molar-refractivity contribution in [1.29, 1.82) is 0 Å². The van der Waals surface area contributed by atoms with Gasteiger partial charge in [-0.15, -0.1) is 0 Å². The van der Waals surface area contributed by atoms with Crippen LogP contribution < -0.4 is 9.80 Å². The third-order valence-electron chi connectivity index (χ3n) is 6.12. The highest BCUT2D eigenvalue weighted by molar-refractivity contribution is 7.22. The predicted molar refractivity (Wildman–Crippen MR) is 116 cm³/mol. The van der Waals surface area contributed by atoms with E-state index in [-0.39, 0.29) is 5.92 Å². The number of aryl methyl sites for hydroxylation is 1. The Labute approximate surface area is 169 Å². The molecule has 2 aliphatic rings. The summed E-state index contributed by atoms with van der Waals surface area (Å²) in [6.07, 6.45) is 3.85. The van der Waals surface area contributed by atoms with Crippen molar-refractivity contribution in [2.75, 3.05) is 29.4 Å². The monoisotopic (exact) mass is 391 g/mol. The van der Waals surface area contributed by atoms with Crippen molar-refractivity contribution in [2.24, 2.45) is 5.92 Å². The van der Waals surface area contributed by atoms with Gasteiger partial charge in [0.25, 0.3) is 0 Å². The molecule has 1 amide bonds. The Hall–Kier alpha value is -2.40. The molecule has 5 rings (SSSR count). The van der Waals surface area contributed by atoms with Gasteiger partial charge in [-0.2, -0.15) is 0 Å². The van der Waals surface area contributed by atoms with E-state index in [0.29, 0.717) is 5.91 Å². The molecule has 1 saturated heterocycles. The molecule has 0 radical (unpaired) electrons. The number of rotatable bonds is 3. The minimum Gasteiger partial charge on any atom is -0.348 e. The first-order valence-corrected chi connectivity index (χ1v) is 11.1. The quantitative estimate of drug-likeness (QED) is 0.651. The number of carbonyl (C=O) groups is 1. The van der Waals surface area contributed by atoms with Crippen molar-refractivity contribution in [2.45, 2.75) is 32.6 Å². The molecule has 28 heavy (non-hydrogen) atoms. The lowest BCUT2D eigenvalue weighted by atomic mass is 9.95. The van der Waals surface area contributed by atoms with Gasteiger partial charge in [-0.1, -0.05) is 42.5 Å². The zero-order valence-corrected chi connectivity index (χ0v) is 17.0. The van der Waals surface area contributed by atoms with Crippen molar-refractivity contribution in [3.05, 3.63) is 53.6 Å². The lowest BCUT2D eigenvalue weighted by Crippen LogP contribution is -2.42. The van der Waals surface area contributed by atoms with Crippen LogP contribution in [0.4, 0.5) is 10.8 Å². The normalized spacial score (nSPS) is 17.3. The minimum absolute atomic E-state index is 0.128. The number of nitrogens with zero attached hydrogens (tertiary/aromatic N) is 3. The molecule has 0 atom stereocenters. The van der Waals surface area contributed by atoms with Gasteiger partial charge in [0.2, 0.25) is 5.91 Å². The highest BCUT2D eigenvalue weighted by Crippen LogP contribution is 2.34. The van der Waals surface area contributed by atoms with Crippen LogP contribution in [0.2, 0.25) is 0 Å². The van der Waals surface area contributed by atoms with Gasteiger partial charge < -0.3 is 9.80 Å². The molecule has 0 spiro atoms. The average Bonchev–Trinajstić information content (AvgIpc) is 3.37. The maximum absolute atomic E-state index is 13.1. The fraction of sp³-hybridized carbons (Fsp3) is 0.391. The molecule has 0 N–H and O–H groups in total. The van der Waals surface area contributed by atoms with Crippen molar-refractivity contribution in [3.8, 4) is 0 Å². The minimum atomic E-state index is 0.128. The number of aromatic nitrogens is 1. The molecule has 4 nitrogen and oxygen atoms in total. The van der Waals surface area contributed by atoms with E-state index >= 15 is 0 Å². The van der Waals surface area contributed by atoms with E-state index in [1.807, 2.05) is 11.0 Å². The summed E-state index contributed by atoms with van der Waals surface area (Å²) in [7, 11) is 0. The molecular weight excluding hydrogens is 366 g/mol. The molecule has 3 aromatic rings. The van der Waals surface area contributed by atoms with Gasteiger partial charge in [0, 0.05) is 31.2 Å². The third kappa shape index (κ3) is 3.08. The number of amides is 1. The van der Waals surface area contributed by atoms with Crippen molar-refractivity contribution >= 4 is 38.3 Å². The summed E-state index contributed by atoms with van der Waals surface area (Å²) < 4.78 is 1.27. The lowest BCUT2D eigenvalue weighted by molar-refractivity contribution is -0.122. The van der Waals surface area contributed by atoms with Crippen LogP contribution >= 0.6 is 11.3 Å². The van der Waals surface area contributed by atoms with E-state index in [2.05, 4.69) is 48.2 Å². The molecule has 2 aromatic carbocycles. The molecule has 0 bridgehead atoms. The van der Waals surface area contributed by atoms with E-state index in [4.69, 9.17) is 4.98 Å². The van der Waals surface area contributed by atoms with E-state index in [0.717, 1.165) is 61.7 Å². The maximum Gasteiger partial charge on any atom is 0.230 e. The lowest BCUT2D eigenvalue weighted by Gasteiger charge is -2.33. The summed E-state index contributed by atoms with van der Waals surface area (Å²) in [6.45, 7) is 4.83. The van der Waals surface area contributed by atoms with E-state index < -0.39 is 0 Å². The van der Waals surface area contributed by atoms with Crippen LogP contribution in [0.25, 0.3) is 10.2 Å². The molecule has 0 saturated carbocycles. The molecule has 5 heteroatoms. The zero-order chi connectivity index (χ0) is 19.1. The second kappa shape index (κ2) is 7.21. The van der Waals surface area contributed by atoms with Gasteiger partial charge >= 0.3 is 0 Å². The number of fused-ring (bicyclic) bond motifs is 2. The number of hydrogen-bond donors (Lipinski definition) is 0. The number of thiazole rings is 1. The van der Waals surface area contributed by atoms with Crippen molar-refractivity contribution in [1.82, 2.24) is 4.98 Å². The Bertz CT molecular complexity index is 1020. The Morgan fingerprint density at radius 1 is 1.14 bits per heavy atom. The number of benzene rings is 2. The fourth-order valence-corrected chi connectivity index (χ4v) is 5.50. The molecule has 2 aliphatic heterocycles. The van der Waals surface area contributed by atoms with Crippen molar-refractivity contribution in [3.63, 3.8) is 0 Å². The first-order valence-electron chi connectivity index (χ1n) is 10.3. The number of para-hydroxylation sites is 1. The summed E-state index contributed by atoms with van der Waals surface area (Å²) in [5.74, 6) is 0.435. The van der Waals surface area contributed by atoms with Crippen LogP contribution in [0.1, 0.15) is 30.9 Å². The molecule has 1 fully saturated rings. The molecule has 144 valence electrons. The molecular formula is C23H25N3OS. The SMILES string of the molecule is CCc1ccc2nc(N3CCC(C(=O)N4CCc5ccccc54)CC3)sc2c1. The van der Waals surface area contributed by atoms with Crippen LogP contribution in [-0.2, 0) is 17.6 Å². The van der Waals surface area contributed by atoms with Crippen molar-refractivity contribution < 1.29 is 4.79 Å². The fourth-order valence-electron chi connectivity index (χ4n) is 4.42. The van der Waals surface area contributed by atoms with Crippen LogP contribution in [0.3, 0.4) is 0 Å². The van der Waals surface area contributed by atoms with Crippen LogP contribution in [0.15, 0.2) is 42.5 Å². The highest BCUT2D eigenvalue weighted by atomic mass is 32.1. The van der Waals surface area contributed by atoms with Gasteiger partial charge in [-0.25, -0.2) is 4.98 Å². The van der Waals surface area contributed by atoms with Crippen LogP contribution in [0, 0.1) is 5.92 Å². The van der Waals surface area contributed by atoms with Crippen LogP contribution in [0.5, 0.6) is 0 Å². The highest BCUT2D eigenvalue weighted by Gasteiger charge is 2.32. The third-order valence-corrected chi connectivity index (χ3v) is 7.20. The van der Waals surface area contributed by atoms with Gasteiger partial charge in [0.1, 0.15) is 0 Å². The van der Waals surface area contributed by atoms with E-state index in [9.17, 15) is 4.79 Å². The Kier molecular flexibility index (Phi) is 4.55. The summed E-state index contributed by atoms with van der Waals surface area (Å²) in [5, 5.41) is 1.10. The zero-order valence-electron chi connectivity index (χ0n) is 16.2. The predicted octanol–water partition coefficient (Wildman–Crippen LogP) is 4.66. The summed E-state index contributed by atoms with van der Waals surface area (Å²) in [5.41, 5.74) is 4.86. The number of piperidine rings is 1. The smallest absolute Gasteiger partial charge is 0.230 e. The summed E-state index contributed by atoms with van der Waals surface area (Å²) in [6, 6.07) is 14.9. The molecule has 3 heterocycles. The maximum atomic E-state index is 13.1. The van der Waals surface area contributed by atoms with Gasteiger partial charge in [-0.05, 0) is 55.0 Å². The second-order valence-corrected chi connectivity index (χ2v) is 8.79. The van der Waals surface area contributed by atoms with Gasteiger partial charge in [-0.3, -0.25) is 4.79 Å². The van der Waals surface area contributed by atoms with E-state index in [1.165, 1.54) is 15.8 Å². The molecule has 1 aromatic heterocycles. The first-order chi connectivity index (χ1) is 13.7. The van der Waals surface area contributed by atoms with Gasteiger partial charge in [0.05, 0.1) is 10.2 Å². The second-order valence-electron chi connectivity index (χ2n) is 7.78. The number of carbonyl (C=O) groups excluding carboxylic acids is 1. The average molecular weight is 392 g/mol. The Morgan fingerprint density at radius 3 is 2.79 bits per heavy atom. The first kappa shape index (κ1) is 17.7. The Morgan fingerprint density at radius 2 is 1.96 bits per heavy atom. The number of hydrogen-bond acceptors (Lipinski definition) is 4. The summed E-state index contributed by atoms with van der Waals surface area (Å²) in [4.78, 5) is 22.3. The number of anilines is 2. The largest absolute Gasteiger partial charge is 0.348 e. The van der Waals surface area contributed by atoms with Gasteiger partial charge in [0.15, 0.2) is 5.13 Å². The standard InChI is InChI=1S/C23H25N3OS/c1-2-16-7-8-19-21(15-16)28-23(24-19)25-12-9-18(10-13-25)22(27)26-14-11-17-5-3-4-6-20(17)26/h3-8,15,18H,2,9-14H2,1H3. The van der Waals surface area contributed by atoms with E-state index in [1.54, 1.807) is 11.3 Å². The molecule has 0 unspecified atom stereocenters.